The summed E-state index contributed by atoms with van der Waals surface area (Å²) in [5.74, 6) is 2.56. The van der Waals surface area contributed by atoms with Crippen LogP contribution in [-0.2, 0) is 10.0 Å². The lowest BCUT2D eigenvalue weighted by Gasteiger charge is -2.00. The number of rotatable bonds is 5. The van der Waals surface area contributed by atoms with E-state index < -0.39 is 10.0 Å². The maximum atomic E-state index is 10.9. The molecule has 0 aliphatic heterocycles. The Hall–Kier alpha value is -0.240. The summed E-state index contributed by atoms with van der Waals surface area (Å²) >= 11 is 5.31. The third kappa shape index (κ3) is 6.17. The highest BCUT2D eigenvalue weighted by molar-refractivity contribution is 7.89. The van der Waals surface area contributed by atoms with Gasteiger partial charge in [0.15, 0.2) is 0 Å². The molecule has 0 radical (unpaired) electrons. The maximum Gasteiger partial charge on any atom is 0.212 e. The molecule has 0 aromatic carbocycles. The predicted molar refractivity (Wildman–Crippen MR) is 46.0 cm³/mol. The molecule has 0 fully saturated rings. The van der Waals surface area contributed by atoms with Gasteiger partial charge in [0.05, 0.1) is 12.3 Å². The molecule has 0 heterocycles. The zero-order valence-electron chi connectivity index (χ0n) is 6.01. The van der Waals surface area contributed by atoms with Gasteiger partial charge in [0, 0.05) is 5.88 Å². The Bertz CT molecular complexity index is 229. The van der Waals surface area contributed by atoms with E-state index in [-0.39, 0.29) is 12.3 Å². The molecular formula is C6H10ClNO2S. The second kappa shape index (κ2) is 5.42. The summed E-state index contributed by atoms with van der Waals surface area (Å²) in [5.41, 5.74) is 0. The molecule has 0 aromatic heterocycles. The van der Waals surface area contributed by atoms with Crippen LogP contribution < -0.4 is 4.72 Å². The molecule has 3 nitrogen and oxygen atoms in total. The van der Waals surface area contributed by atoms with Crippen molar-refractivity contribution >= 4 is 21.6 Å². The Morgan fingerprint density at radius 1 is 1.55 bits per heavy atom. The standard InChI is InChI=1S/C6H10ClNO2S/c1-2-5-8-11(9,10)6-3-4-7/h1,8H,3-6H2. The Morgan fingerprint density at radius 2 is 2.18 bits per heavy atom. The zero-order valence-corrected chi connectivity index (χ0v) is 7.58. The van der Waals surface area contributed by atoms with Crippen LogP contribution in [0.2, 0.25) is 0 Å². The summed E-state index contributed by atoms with van der Waals surface area (Å²) in [6.45, 7) is 0.0462. The smallest absolute Gasteiger partial charge is 0.212 e. The van der Waals surface area contributed by atoms with Crippen molar-refractivity contribution in [1.82, 2.24) is 4.72 Å². The second-order valence-electron chi connectivity index (χ2n) is 1.89. The van der Waals surface area contributed by atoms with Gasteiger partial charge in [-0.05, 0) is 6.42 Å². The number of hydrogen-bond donors (Lipinski definition) is 1. The molecular weight excluding hydrogens is 186 g/mol. The van der Waals surface area contributed by atoms with E-state index in [1.807, 2.05) is 0 Å². The fourth-order valence-electron chi connectivity index (χ4n) is 0.468. The summed E-state index contributed by atoms with van der Waals surface area (Å²) in [6.07, 6.45) is 5.31. The summed E-state index contributed by atoms with van der Waals surface area (Å²) in [4.78, 5) is 0. The van der Waals surface area contributed by atoms with E-state index in [4.69, 9.17) is 18.0 Å². The minimum atomic E-state index is -3.18. The van der Waals surface area contributed by atoms with Crippen LogP contribution in [0.15, 0.2) is 0 Å². The molecule has 0 saturated heterocycles. The van der Waals surface area contributed by atoms with Gasteiger partial charge in [-0.25, -0.2) is 13.1 Å². The number of nitrogens with one attached hydrogen (secondary N) is 1. The Labute approximate surface area is 72.2 Å². The molecule has 0 aromatic rings. The average Bonchev–Trinajstić information content (AvgIpc) is 1.97. The van der Waals surface area contributed by atoms with E-state index >= 15 is 0 Å². The fraction of sp³-hybridized carbons (Fsp3) is 0.667. The SMILES string of the molecule is C#CCNS(=O)(=O)CCCCl. The monoisotopic (exact) mass is 195 g/mol. The quantitative estimate of drug-likeness (QED) is 0.502. The molecule has 0 bridgehead atoms. The van der Waals surface area contributed by atoms with Gasteiger partial charge in [0.1, 0.15) is 0 Å². The van der Waals surface area contributed by atoms with Gasteiger partial charge in [-0.1, -0.05) is 5.92 Å². The first kappa shape index (κ1) is 10.8. The number of alkyl halides is 1. The van der Waals surface area contributed by atoms with Crippen molar-refractivity contribution < 1.29 is 8.42 Å². The Kier molecular flexibility index (Phi) is 5.30. The van der Waals surface area contributed by atoms with Crippen LogP contribution >= 0.6 is 11.6 Å². The van der Waals surface area contributed by atoms with E-state index in [1.54, 1.807) is 0 Å². The van der Waals surface area contributed by atoms with Gasteiger partial charge in [-0.15, -0.1) is 18.0 Å². The van der Waals surface area contributed by atoms with Crippen molar-refractivity contribution in [2.75, 3.05) is 18.2 Å². The lowest BCUT2D eigenvalue weighted by molar-refractivity contribution is 0.585. The van der Waals surface area contributed by atoms with E-state index in [0.717, 1.165) is 0 Å². The molecule has 0 saturated carbocycles. The fourth-order valence-corrected chi connectivity index (χ4v) is 1.73. The molecule has 0 rings (SSSR count). The molecule has 11 heavy (non-hydrogen) atoms. The van der Waals surface area contributed by atoms with Crippen molar-refractivity contribution in [2.45, 2.75) is 6.42 Å². The van der Waals surface area contributed by atoms with Gasteiger partial charge in [0.2, 0.25) is 10.0 Å². The van der Waals surface area contributed by atoms with Crippen LogP contribution in [0.4, 0.5) is 0 Å². The van der Waals surface area contributed by atoms with Crippen LogP contribution in [0.5, 0.6) is 0 Å². The molecule has 5 heteroatoms. The van der Waals surface area contributed by atoms with Crippen molar-refractivity contribution in [1.29, 1.82) is 0 Å². The lowest BCUT2D eigenvalue weighted by atomic mass is 10.6. The first-order valence-corrected chi connectivity index (χ1v) is 5.28. The lowest BCUT2D eigenvalue weighted by Crippen LogP contribution is -2.26. The third-order valence-corrected chi connectivity index (χ3v) is 2.62. The summed E-state index contributed by atoms with van der Waals surface area (Å²) in [5, 5.41) is 0. The van der Waals surface area contributed by atoms with Crippen molar-refractivity contribution in [2.24, 2.45) is 0 Å². The molecule has 0 amide bonds. The van der Waals surface area contributed by atoms with E-state index in [0.29, 0.717) is 12.3 Å². The van der Waals surface area contributed by atoms with E-state index in [9.17, 15) is 8.42 Å². The molecule has 64 valence electrons. The molecule has 0 atom stereocenters. The van der Waals surface area contributed by atoms with Gasteiger partial charge in [-0.3, -0.25) is 0 Å². The van der Waals surface area contributed by atoms with E-state index in [2.05, 4.69) is 10.6 Å². The number of sulfonamides is 1. The predicted octanol–water partition coefficient (Wildman–Crippen LogP) is 0.168. The average molecular weight is 196 g/mol. The number of hydrogen-bond acceptors (Lipinski definition) is 2. The highest BCUT2D eigenvalue weighted by atomic mass is 35.5. The first-order chi connectivity index (χ1) is 5.12. The molecule has 0 spiro atoms. The van der Waals surface area contributed by atoms with Crippen LogP contribution in [-0.4, -0.2) is 26.6 Å². The highest BCUT2D eigenvalue weighted by Gasteiger charge is 2.06. The minimum absolute atomic E-state index is 0.0399. The Morgan fingerprint density at radius 3 is 2.64 bits per heavy atom. The van der Waals surface area contributed by atoms with Gasteiger partial charge in [0.25, 0.3) is 0 Å². The van der Waals surface area contributed by atoms with Gasteiger partial charge >= 0.3 is 0 Å². The van der Waals surface area contributed by atoms with Gasteiger partial charge in [-0.2, -0.15) is 0 Å². The topological polar surface area (TPSA) is 46.2 Å². The van der Waals surface area contributed by atoms with Crippen LogP contribution in [0, 0.1) is 12.3 Å². The summed E-state index contributed by atoms with van der Waals surface area (Å²) in [6, 6.07) is 0. The highest BCUT2D eigenvalue weighted by Crippen LogP contribution is 1.90. The summed E-state index contributed by atoms with van der Waals surface area (Å²) in [7, 11) is -3.18. The van der Waals surface area contributed by atoms with E-state index in [1.165, 1.54) is 0 Å². The minimum Gasteiger partial charge on any atom is -0.212 e. The van der Waals surface area contributed by atoms with Crippen LogP contribution in [0.3, 0.4) is 0 Å². The van der Waals surface area contributed by atoms with Crippen LogP contribution in [0.1, 0.15) is 6.42 Å². The zero-order chi connectivity index (χ0) is 8.74. The number of halogens is 1. The Balaban J connectivity index is 3.74. The molecule has 0 unspecified atom stereocenters. The second-order valence-corrected chi connectivity index (χ2v) is 4.19. The number of terminal acetylenes is 1. The maximum absolute atomic E-state index is 10.9. The normalized spacial score (nSPS) is 10.9. The third-order valence-electron chi connectivity index (χ3n) is 0.941. The van der Waals surface area contributed by atoms with Gasteiger partial charge < -0.3 is 0 Å². The first-order valence-electron chi connectivity index (χ1n) is 3.09. The largest absolute Gasteiger partial charge is 0.212 e. The molecule has 1 N–H and O–H groups in total. The van der Waals surface area contributed by atoms with Crippen molar-refractivity contribution in [3.05, 3.63) is 0 Å². The van der Waals surface area contributed by atoms with Crippen molar-refractivity contribution in [3.63, 3.8) is 0 Å². The van der Waals surface area contributed by atoms with Crippen molar-refractivity contribution in [3.8, 4) is 12.3 Å². The molecule has 0 aliphatic carbocycles. The summed E-state index contributed by atoms with van der Waals surface area (Å²) < 4.78 is 24.0. The molecule has 0 aliphatic rings. The van der Waals surface area contributed by atoms with Crippen LogP contribution in [0.25, 0.3) is 0 Å².